The Balaban J connectivity index is 1.50. The van der Waals surface area contributed by atoms with Crippen molar-refractivity contribution < 1.29 is 15.3 Å². The van der Waals surface area contributed by atoms with Crippen molar-refractivity contribution in [1.82, 2.24) is 0 Å². The Morgan fingerprint density at radius 2 is 1.47 bits per heavy atom. The van der Waals surface area contributed by atoms with E-state index >= 15 is 0 Å². The molecule has 0 aromatic rings. The summed E-state index contributed by atoms with van der Waals surface area (Å²) < 4.78 is 0. The molecule has 0 aromatic carbocycles. The van der Waals surface area contributed by atoms with Crippen LogP contribution in [0.25, 0.3) is 0 Å². The van der Waals surface area contributed by atoms with E-state index in [9.17, 15) is 15.3 Å². The quantitative estimate of drug-likeness (QED) is 0.538. The lowest BCUT2D eigenvalue weighted by Crippen LogP contribution is -2.58. The molecule has 0 bridgehead atoms. The standard InChI is InChI=1S/C27H48O3/c1-17(2)6-5-7-18(16-28)20-10-11-21-19-8-9-23-25(30)24(29)13-15-27(23,4)22(19)12-14-26(20,21)3/h17-25,28-30H,5-16H2,1-4H3/t18-,19-,20+,21-,22-,23?,24+,25+,26+,27+/m0/s1. The van der Waals surface area contributed by atoms with Crippen LogP contribution >= 0.6 is 0 Å². The zero-order valence-corrected chi connectivity index (χ0v) is 20.0. The van der Waals surface area contributed by atoms with Crippen LogP contribution in [0.5, 0.6) is 0 Å². The molecule has 4 saturated carbocycles. The third kappa shape index (κ3) is 3.69. The van der Waals surface area contributed by atoms with Gasteiger partial charge in [0.25, 0.3) is 0 Å². The van der Waals surface area contributed by atoms with Gasteiger partial charge in [-0.15, -0.1) is 0 Å². The maximum atomic E-state index is 10.8. The molecule has 0 aromatic heterocycles. The van der Waals surface area contributed by atoms with Crippen LogP contribution in [-0.4, -0.2) is 34.1 Å². The van der Waals surface area contributed by atoms with Gasteiger partial charge in [0.1, 0.15) is 0 Å². The predicted molar refractivity (Wildman–Crippen MR) is 122 cm³/mol. The average molecular weight is 421 g/mol. The van der Waals surface area contributed by atoms with Gasteiger partial charge in [0, 0.05) is 6.61 Å². The Bertz CT molecular complexity index is 591. The van der Waals surface area contributed by atoms with E-state index in [0.29, 0.717) is 29.8 Å². The lowest BCUT2D eigenvalue weighted by molar-refractivity contribution is -0.175. The van der Waals surface area contributed by atoms with Crippen LogP contribution in [0.1, 0.15) is 98.3 Å². The van der Waals surface area contributed by atoms with E-state index in [-0.39, 0.29) is 11.3 Å². The number of hydrogen-bond acceptors (Lipinski definition) is 3. The zero-order valence-electron chi connectivity index (χ0n) is 20.0. The molecule has 4 rings (SSSR count). The fraction of sp³-hybridized carbons (Fsp3) is 1.00. The summed E-state index contributed by atoms with van der Waals surface area (Å²) in [4.78, 5) is 0. The van der Waals surface area contributed by atoms with Crippen molar-refractivity contribution in [3.05, 3.63) is 0 Å². The second kappa shape index (κ2) is 8.67. The first kappa shape index (κ1) is 23.1. The van der Waals surface area contributed by atoms with E-state index < -0.39 is 12.2 Å². The number of hydrogen-bond donors (Lipinski definition) is 3. The summed E-state index contributed by atoms with van der Waals surface area (Å²) in [6.07, 6.45) is 12.1. The van der Waals surface area contributed by atoms with Crippen LogP contribution in [0.4, 0.5) is 0 Å². The Labute approximate surface area is 185 Å². The molecule has 10 atom stereocenters. The van der Waals surface area contributed by atoms with Crippen molar-refractivity contribution in [2.75, 3.05) is 6.61 Å². The highest BCUT2D eigenvalue weighted by Gasteiger charge is 2.62. The van der Waals surface area contributed by atoms with Crippen molar-refractivity contribution in [2.24, 2.45) is 52.3 Å². The monoisotopic (exact) mass is 420 g/mol. The van der Waals surface area contributed by atoms with Gasteiger partial charge in [-0.05, 0) is 110 Å². The summed E-state index contributed by atoms with van der Waals surface area (Å²) in [5.41, 5.74) is 0.594. The van der Waals surface area contributed by atoms with Crippen LogP contribution in [0.2, 0.25) is 0 Å². The van der Waals surface area contributed by atoms with E-state index in [0.717, 1.165) is 37.0 Å². The van der Waals surface area contributed by atoms with Crippen LogP contribution in [-0.2, 0) is 0 Å². The molecule has 0 spiro atoms. The molecule has 174 valence electrons. The molecule has 3 heteroatoms. The number of fused-ring (bicyclic) bond motifs is 5. The summed E-state index contributed by atoms with van der Waals surface area (Å²) in [6, 6.07) is 0. The molecule has 3 N–H and O–H groups in total. The van der Waals surface area contributed by atoms with Gasteiger partial charge in [0.15, 0.2) is 0 Å². The summed E-state index contributed by atoms with van der Waals surface area (Å²) in [6.45, 7) is 10.00. The molecule has 4 aliphatic carbocycles. The SMILES string of the molecule is CC(C)CCC[C@@H](CO)[C@H]1CC[C@H]2[C@@H]3CCC4[C@@H](O)[C@H](O)CC[C@]4(C)[C@H]3CC[C@]12C. The highest BCUT2D eigenvalue weighted by Crippen LogP contribution is 2.68. The molecule has 4 aliphatic rings. The van der Waals surface area contributed by atoms with Crippen LogP contribution in [0, 0.1) is 52.3 Å². The van der Waals surface area contributed by atoms with E-state index in [1.165, 1.54) is 51.4 Å². The molecule has 4 fully saturated rings. The highest BCUT2D eigenvalue weighted by atomic mass is 16.3. The summed E-state index contributed by atoms with van der Waals surface area (Å²) in [7, 11) is 0. The predicted octanol–water partition coefficient (Wildman–Crippen LogP) is 5.41. The highest BCUT2D eigenvalue weighted by molar-refractivity contribution is 5.11. The summed E-state index contributed by atoms with van der Waals surface area (Å²) >= 11 is 0. The van der Waals surface area contributed by atoms with Gasteiger partial charge < -0.3 is 15.3 Å². The molecular formula is C27H48O3. The van der Waals surface area contributed by atoms with Gasteiger partial charge in [-0.2, -0.15) is 0 Å². The third-order valence-corrected chi connectivity index (χ3v) is 11.0. The topological polar surface area (TPSA) is 60.7 Å². The smallest absolute Gasteiger partial charge is 0.0832 e. The van der Waals surface area contributed by atoms with Crippen LogP contribution in [0.15, 0.2) is 0 Å². The second-order valence-corrected chi connectivity index (χ2v) is 12.7. The summed E-state index contributed by atoms with van der Waals surface area (Å²) in [5.74, 6) is 4.49. The Morgan fingerprint density at radius 3 is 2.17 bits per heavy atom. The van der Waals surface area contributed by atoms with Crippen molar-refractivity contribution in [3.8, 4) is 0 Å². The molecule has 0 amide bonds. The van der Waals surface area contributed by atoms with E-state index in [1.807, 2.05) is 0 Å². The fourth-order valence-electron chi connectivity index (χ4n) is 9.34. The molecule has 0 heterocycles. The average Bonchev–Trinajstić information content (AvgIpc) is 3.05. The Hall–Kier alpha value is -0.120. The zero-order chi connectivity index (χ0) is 21.7. The lowest BCUT2D eigenvalue weighted by Gasteiger charge is -2.62. The van der Waals surface area contributed by atoms with E-state index in [1.54, 1.807) is 0 Å². The molecule has 0 radical (unpaired) electrons. The van der Waals surface area contributed by atoms with E-state index in [2.05, 4.69) is 27.7 Å². The van der Waals surface area contributed by atoms with Gasteiger partial charge in [-0.3, -0.25) is 0 Å². The van der Waals surface area contributed by atoms with Gasteiger partial charge in [-0.1, -0.05) is 40.5 Å². The second-order valence-electron chi connectivity index (χ2n) is 12.7. The lowest BCUT2D eigenvalue weighted by atomic mass is 9.44. The number of aliphatic hydroxyl groups is 3. The van der Waals surface area contributed by atoms with Crippen LogP contribution < -0.4 is 0 Å². The van der Waals surface area contributed by atoms with Crippen molar-refractivity contribution >= 4 is 0 Å². The number of rotatable bonds is 6. The normalized spacial score (nSPS) is 49.4. The minimum absolute atomic E-state index is 0.203. The molecule has 0 aliphatic heterocycles. The maximum absolute atomic E-state index is 10.8. The molecule has 30 heavy (non-hydrogen) atoms. The van der Waals surface area contributed by atoms with Crippen molar-refractivity contribution in [2.45, 2.75) is 111 Å². The fourth-order valence-corrected chi connectivity index (χ4v) is 9.34. The minimum atomic E-state index is -0.519. The number of aliphatic hydroxyl groups excluding tert-OH is 3. The summed E-state index contributed by atoms with van der Waals surface area (Å²) in [5, 5.41) is 31.3. The first-order valence-corrected chi connectivity index (χ1v) is 13.2. The molecule has 0 saturated heterocycles. The van der Waals surface area contributed by atoms with Crippen LogP contribution in [0.3, 0.4) is 0 Å². The van der Waals surface area contributed by atoms with E-state index in [4.69, 9.17) is 0 Å². The maximum Gasteiger partial charge on any atom is 0.0832 e. The first-order chi connectivity index (χ1) is 14.2. The molecule has 1 unspecified atom stereocenters. The molecule has 3 nitrogen and oxygen atoms in total. The largest absolute Gasteiger partial charge is 0.396 e. The van der Waals surface area contributed by atoms with Gasteiger partial charge >= 0.3 is 0 Å². The first-order valence-electron chi connectivity index (χ1n) is 13.2. The Morgan fingerprint density at radius 1 is 0.800 bits per heavy atom. The van der Waals surface area contributed by atoms with Crippen molar-refractivity contribution in [1.29, 1.82) is 0 Å². The van der Waals surface area contributed by atoms with Gasteiger partial charge in [0.2, 0.25) is 0 Å². The van der Waals surface area contributed by atoms with Gasteiger partial charge in [0.05, 0.1) is 12.2 Å². The Kier molecular flexibility index (Phi) is 6.66. The van der Waals surface area contributed by atoms with Crippen molar-refractivity contribution in [3.63, 3.8) is 0 Å². The minimum Gasteiger partial charge on any atom is -0.396 e. The molecular weight excluding hydrogens is 372 g/mol. The third-order valence-electron chi connectivity index (χ3n) is 11.0. The van der Waals surface area contributed by atoms with Gasteiger partial charge in [-0.25, -0.2) is 0 Å².